The van der Waals surface area contributed by atoms with Crippen LogP contribution in [-0.2, 0) is 11.3 Å². The first-order chi connectivity index (χ1) is 10.6. The molecule has 2 aromatic rings. The Morgan fingerprint density at radius 3 is 2.77 bits per heavy atom. The fraction of sp³-hybridized carbons (Fsp3) is 0.188. The van der Waals surface area contributed by atoms with Crippen molar-refractivity contribution in [2.75, 3.05) is 13.7 Å². The van der Waals surface area contributed by atoms with Crippen molar-refractivity contribution in [1.29, 1.82) is 0 Å². The van der Waals surface area contributed by atoms with Gasteiger partial charge in [-0.25, -0.2) is 0 Å². The minimum atomic E-state index is -0.251. The molecule has 0 bridgehead atoms. The minimum Gasteiger partial charge on any atom is -0.497 e. The van der Waals surface area contributed by atoms with Gasteiger partial charge in [0, 0.05) is 17.6 Å². The molecule has 6 heteroatoms. The van der Waals surface area contributed by atoms with E-state index in [1.165, 1.54) is 0 Å². The second-order valence-corrected chi connectivity index (χ2v) is 5.34. The van der Waals surface area contributed by atoms with Crippen LogP contribution in [0.4, 0.5) is 0 Å². The molecule has 0 radical (unpaired) electrons. The Morgan fingerprint density at radius 1 is 1.18 bits per heavy atom. The van der Waals surface area contributed by atoms with E-state index in [1.807, 2.05) is 24.3 Å². The van der Waals surface area contributed by atoms with Crippen LogP contribution in [0, 0.1) is 0 Å². The number of ether oxygens (including phenoxy) is 2. The Balaban J connectivity index is 1.84. The molecule has 2 rings (SSSR count). The zero-order valence-corrected chi connectivity index (χ0v) is 13.4. The van der Waals surface area contributed by atoms with E-state index in [0.717, 1.165) is 11.3 Å². The number of hydrogen-bond acceptors (Lipinski definition) is 3. The van der Waals surface area contributed by atoms with Crippen molar-refractivity contribution in [2.45, 2.75) is 6.54 Å². The number of amides is 1. The van der Waals surface area contributed by atoms with Gasteiger partial charge in [-0.3, -0.25) is 4.79 Å². The van der Waals surface area contributed by atoms with Crippen LogP contribution in [0.25, 0.3) is 0 Å². The third-order valence-corrected chi connectivity index (χ3v) is 3.42. The molecule has 0 aliphatic carbocycles. The SMILES string of the molecule is COc1cccc(CNC(=O)COc2cc(Cl)ccc2Cl)c1. The molecule has 116 valence electrons. The largest absolute Gasteiger partial charge is 0.497 e. The van der Waals surface area contributed by atoms with E-state index >= 15 is 0 Å². The molecular formula is C16H15Cl2NO3. The maximum atomic E-state index is 11.8. The number of nitrogens with one attached hydrogen (secondary N) is 1. The summed E-state index contributed by atoms with van der Waals surface area (Å²) in [6, 6.07) is 12.3. The highest BCUT2D eigenvalue weighted by Gasteiger charge is 2.07. The average Bonchev–Trinajstić information content (AvgIpc) is 2.54. The number of methoxy groups -OCH3 is 1. The smallest absolute Gasteiger partial charge is 0.258 e. The number of hydrogen-bond donors (Lipinski definition) is 1. The molecule has 0 aromatic heterocycles. The van der Waals surface area contributed by atoms with Crippen molar-refractivity contribution < 1.29 is 14.3 Å². The van der Waals surface area contributed by atoms with E-state index < -0.39 is 0 Å². The standard InChI is InChI=1S/C16H15Cl2NO3/c1-21-13-4-2-3-11(7-13)9-19-16(20)10-22-15-8-12(17)5-6-14(15)18/h2-8H,9-10H2,1H3,(H,19,20). The maximum Gasteiger partial charge on any atom is 0.258 e. The molecule has 22 heavy (non-hydrogen) atoms. The molecule has 1 amide bonds. The Hall–Kier alpha value is -1.91. The van der Waals surface area contributed by atoms with Crippen LogP contribution in [0.1, 0.15) is 5.56 Å². The van der Waals surface area contributed by atoms with Gasteiger partial charge in [0.2, 0.25) is 0 Å². The summed E-state index contributed by atoms with van der Waals surface area (Å²) in [5, 5.41) is 3.66. The van der Waals surface area contributed by atoms with Gasteiger partial charge in [0.1, 0.15) is 11.5 Å². The first kappa shape index (κ1) is 16.5. The Kier molecular flexibility index (Phi) is 5.92. The van der Waals surface area contributed by atoms with E-state index in [1.54, 1.807) is 25.3 Å². The summed E-state index contributed by atoms with van der Waals surface area (Å²) >= 11 is 11.8. The summed E-state index contributed by atoms with van der Waals surface area (Å²) in [5.41, 5.74) is 0.938. The van der Waals surface area contributed by atoms with E-state index in [0.29, 0.717) is 22.3 Å². The number of carbonyl (C=O) groups excluding carboxylic acids is 1. The lowest BCUT2D eigenvalue weighted by molar-refractivity contribution is -0.123. The van der Waals surface area contributed by atoms with Crippen molar-refractivity contribution in [3.05, 3.63) is 58.1 Å². The Morgan fingerprint density at radius 2 is 2.00 bits per heavy atom. The lowest BCUT2D eigenvalue weighted by Crippen LogP contribution is -2.28. The van der Waals surface area contributed by atoms with E-state index in [4.69, 9.17) is 32.7 Å². The van der Waals surface area contributed by atoms with Crippen LogP contribution in [0.15, 0.2) is 42.5 Å². The van der Waals surface area contributed by atoms with Crippen LogP contribution in [-0.4, -0.2) is 19.6 Å². The number of rotatable bonds is 6. The molecule has 0 unspecified atom stereocenters. The normalized spacial score (nSPS) is 10.1. The molecule has 4 nitrogen and oxygen atoms in total. The molecule has 0 spiro atoms. The first-order valence-corrected chi connectivity index (χ1v) is 7.31. The van der Waals surface area contributed by atoms with Gasteiger partial charge in [0.25, 0.3) is 5.91 Å². The van der Waals surface area contributed by atoms with Crippen molar-refractivity contribution in [1.82, 2.24) is 5.32 Å². The Bertz CT molecular complexity index is 662. The molecule has 0 fully saturated rings. The quantitative estimate of drug-likeness (QED) is 0.872. The lowest BCUT2D eigenvalue weighted by atomic mass is 10.2. The van der Waals surface area contributed by atoms with E-state index in [2.05, 4.69) is 5.32 Å². The summed E-state index contributed by atoms with van der Waals surface area (Å²) in [7, 11) is 1.60. The third-order valence-electron chi connectivity index (χ3n) is 2.88. The molecule has 0 saturated carbocycles. The number of halogens is 2. The van der Waals surface area contributed by atoms with Crippen LogP contribution >= 0.6 is 23.2 Å². The van der Waals surface area contributed by atoms with Crippen molar-refractivity contribution in [3.8, 4) is 11.5 Å². The van der Waals surface area contributed by atoms with Crippen LogP contribution < -0.4 is 14.8 Å². The van der Waals surface area contributed by atoms with Gasteiger partial charge in [0.15, 0.2) is 6.61 Å². The summed E-state index contributed by atoms with van der Waals surface area (Å²) in [6.07, 6.45) is 0. The van der Waals surface area contributed by atoms with Crippen molar-refractivity contribution >= 4 is 29.1 Å². The van der Waals surface area contributed by atoms with E-state index in [-0.39, 0.29) is 12.5 Å². The van der Waals surface area contributed by atoms with Gasteiger partial charge in [-0.1, -0.05) is 35.3 Å². The molecule has 1 N–H and O–H groups in total. The second-order valence-electron chi connectivity index (χ2n) is 4.49. The molecule has 0 aliphatic heterocycles. The predicted molar refractivity (Wildman–Crippen MR) is 86.8 cm³/mol. The molecule has 2 aromatic carbocycles. The highest BCUT2D eigenvalue weighted by molar-refractivity contribution is 6.34. The number of carbonyl (C=O) groups is 1. The van der Waals surface area contributed by atoms with Crippen LogP contribution in [0.3, 0.4) is 0 Å². The summed E-state index contributed by atoms with van der Waals surface area (Å²) < 4.78 is 10.5. The molecule has 0 atom stereocenters. The van der Waals surface area contributed by atoms with Crippen LogP contribution in [0.2, 0.25) is 10.0 Å². The molecule has 0 saturated heterocycles. The van der Waals surface area contributed by atoms with Crippen molar-refractivity contribution in [2.24, 2.45) is 0 Å². The maximum absolute atomic E-state index is 11.8. The van der Waals surface area contributed by atoms with Gasteiger partial charge >= 0.3 is 0 Å². The fourth-order valence-electron chi connectivity index (χ4n) is 1.77. The van der Waals surface area contributed by atoms with Gasteiger partial charge in [0.05, 0.1) is 12.1 Å². The summed E-state index contributed by atoms with van der Waals surface area (Å²) in [6.45, 7) is 0.257. The fourth-order valence-corrected chi connectivity index (χ4v) is 2.10. The highest BCUT2D eigenvalue weighted by Crippen LogP contribution is 2.27. The Labute approximate surface area is 138 Å². The van der Waals surface area contributed by atoms with Gasteiger partial charge in [-0.2, -0.15) is 0 Å². The molecule has 0 heterocycles. The second kappa shape index (κ2) is 7.92. The van der Waals surface area contributed by atoms with Crippen molar-refractivity contribution in [3.63, 3.8) is 0 Å². The predicted octanol–water partition coefficient (Wildman–Crippen LogP) is 3.70. The summed E-state index contributed by atoms with van der Waals surface area (Å²) in [5.74, 6) is 0.873. The monoisotopic (exact) mass is 339 g/mol. The van der Waals surface area contributed by atoms with Crippen LogP contribution in [0.5, 0.6) is 11.5 Å². The first-order valence-electron chi connectivity index (χ1n) is 6.56. The zero-order chi connectivity index (χ0) is 15.9. The van der Waals surface area contributed by atoms with Gasteiger partial charge in [-0.15, -0.1) is 0 Å². The highest BCUT2D eigenvalue weighted by atomic mass is 35.5. The number of benzene rings is 2. The minimum absolute atomic E-state index is 0.135. The molecular weight excluding hydrogens is 325 g/mol. The summed E-state index contributed by atoms with van der Waals surface area (Å²) in [4.78, 5) is 11.8. The zero-order valence-electron chi connectivity index (χ0n) is 11.9. The topological polar surface area (TPSA) is 47.6 Å². The average molecular weight is 340 g/mol. The third kappa shape index (κ3) is 4.83. The lowest BCUT2D eigenvalue weighted by Gasteiger charge is -2.09. The molecule has 0 aliphatic rings. The van der Waals surface area contributed by atoms with Gasteiger partial charge < -0.3 is 14.8 Å². The van der Waals surface area contributed by atoms with E-state index in [9.17, 15) is 4.79 Å². The van der Waals surface area contributed by atoms with Gasteiger partial charge in [-0.05, 0) is 29.8 Å².